The largest absolute Gasteiger partial charge is 0.356 e. The maximum atomic E-state index is 12.5. The lowest BCUT2D eigenvalue weighted by molar-refractivity contribution is -0.131. The van der Waals surface area contributed by atoms with Gasteiger partial charge in [0.1, 0.15) is 17.5 Å². The van der Waals surface area contributed by atoms with E-state index in [2.05, 4.69) is 30.0 Å². The maximum absolute atomic E-state index is 12.5. The lowest BCUT2D eigenvalue weighted by Crippen LogP contribution is -2.38. The summed E-state index contributed by atoms with van der Waals surface area (Å²) in [7, 11) is 0. The van der Waals surface area contributed by atoms with Crippen LogP contribution in [0.1, 0.15) is 35.7 Å². The number of carbonyl (C=O) groups is 1. The van der Waals surface area contributed by atoms with Crippen molar-refractivity contribution in [3.8, 4) is 0 Å². The van der Waals surface area contributed by atoms with Crippen LogP contribution in [0.15, 0.2) is 4.79 Å². The summed E-state index contributed by atoms with van der Waals surface area (Å²) < 4.78 is 0. The van der Waals surface area contributed by atoms with Gasteiger partial charge in [0, 0.05) is 25.2 Å². The quantitative estimate of drug-likeness (QED) is 0.807. The third-order valence-electron chi connectivity index (χ3n) is 4.78. The van der Waals surface area contributed by atoms with Gasteiger partial charge in [0.25, 0.3) is 0 Å². The summed E-state index contributed by atoms with van der Waals surface area (Å²) >= 11 is 0. The summed E-state index contributed by atoms with van der Waals surface area (Å²) in [6.45, 7) is 5.09. The molecule has 2 aliphatic rings. The molecule has 0 saturated carbocycles. The number of hydrogen-bond donors (Lipinski definition) is 2. The predicted molar refractivity (Wildman–Crippen MR) is 90.2 cm³/mol. The number of carbonyl (C=O) groups excluding carboxylic acids is 1. The van der Waals surface area contributed by atoms with E-state index in [0.717, 1.165) is 36.8 Å². The van der Waals surface area contributed by atoms with Gasteiger partial charge in [0.05, 0.1) is 18.7 Å². The van der Waals surface area contributed by atoms with Crippen molar-refractivity contribution >= 4 is 11.7 Å². The zero-order valence-corrected chi connectivity index (χ0v) is 14.2. The Morgan fingerprint density at radius 1 is 1.20 bits per heavy atom. The van der Waals surface area contributed by atoms with Crippen LogP contribution in [0.25, 0.3) is 0 Å². The van der Waals surface area contributed by atoms with E-state index in [0.29, 0.717) is 18.9 Å². The van der Waals surface area contributed by atoms with Gasteiger partial charge in [-0.3, -0.25) is 9.78 Å². The van der Waals surface area contributed by atoms with Gasteiger partial charge in [-0.05, 0) is 26.2 Å². The summed E-state index contributed by atoms with van der Waals surface area (Å²) in [5, 5.41) is 6.08. The molecule has 2 aromatic rings. The van der Waals surface area contributed by atoms with E-state index >= 15 is 0 Å². The molecule has 0 unspecified atom stereocenters. The van der Waals surface area contributed by atoms with Crippen molar-refractivity contribution in [3.05, 3.63) is 33.4 Å². The number of H-pyrrole nitrogens is 2. The number of nitrogens with one attached hydrogen (secondary N) is 2. The van der Waals surface area contributed by atoms with Gasteiger partial charge in [-0.2, -0.15) is 5.10 Å². The fourth-order valence-electron chi connectivity index (χ4n) is 3.58. The van der Waals surface area contributed by atoms with Crippen molar-refractivity contribution in [1.29, 1.82) is 0 Å². The third-order valence-corrected chi connectivity index (χ3v) is 4.78. The van der Waals surface area contributed by atoms with Crippen LogP contribution in [0.5, 0.6) is 0 Å². The Balaban J connectivity index is 1.54. The van der Waals surface area contributed by atoms with Gasteiger partial charge in [0.15, 0.2) is 0 Å². The Labute approximate surface area is 144 Å². The second kappa shape index (κ2) is 6.30. The van der Waals surface area contributed by atoms with E-state index in [1.165, 1.54) is 18.4 Å². The molecule has 0 aliphatic carbocycles. The predicted octanol–water partition coefficient (Wildman–Crippen LogP) is -0.0760. The number of nitrogens with zero attached hydrogens (tertiary/aromatic N) is 5. The normalized spacial score (nSPS) is 17.0. The average molecular weight is 343 g/mol. The lowest BCUT2D eigenvalue weighted by atomic mass is 10.0. The number of amides is 1. The minimum Gasteiger partial charge on any atom is -0.356 e. The lowest BCUT2D eigenvalue weighted by Gasteiger charge is -2.31. The Bertz CT molecular complexity index is 850. The molecule has 9 nitrogen and oxygen atoms in total. The van der Waals surface area contributed by atoms with Gasteiger partial charge < -0.3 is 9.80 Å². The van der Waals surface area contributed by atoms with Crippen LogP contribution in [0, 0.1) is 6.92 Å². The molecule has 4 rings (SSSR count). The number of rotatable bonds is 3. The highest BCUT2D eigenvalue weighted by Gasteiger charge is 2.28. The number of aromatic amines is 2. The van der Waals surface area contributed by atoms with Crippen molar-refractivity contribution < 1.29 is 4.79 Å². The summed E-state index contributed by atoms with van der Waals surface area (Å²) in [6.07, 6.45) is 3.23. The van der Waals surface area contributed by atoms with E-state index < -0.39 is 5.69 Å². The van der Waals surface area contributed by atoms with E-state index in [9.17, 15) is 9.59 Å². The minimum absolute atomic E-state index is 0.0626. The number of aryl methyl sites for hydroxylation is 1. The van der Waals surface area contributed by atoms with Gasteiger partial charge in [0.2, 0.25) is 5.91 Å². The first-order valence-electron chi connectivity index (χ1n) is 8.63. The second-order valence-electron chi connectivity index (χ2n) is 6.58. The molecule has 2 aromatic heterocycles. The van der Waals surface area contributed by atoms with E-state index in [-0.39, 0.29) is 12.3 Å². The zero-order chi connectivity index (χ0) is 17.4. The molecule has 1 fully saturated rings. The van der Waals surface area contributed by atoms with Gasteiger partial charge in [-0.25, -0.2) is 19.9 Å². The maximum Gasteiger partial charge on any atom is 0.340 e. The molecule has 2 aliphatic heterocycles. The van der Waals surface area contributed by atoms with Gasteiger partial charge in [-0.15, -0.1) is 0 Å². The highest BCUT2D eigenvalue weighted by molar-refractivity contribution is 5.78. The highest BCUT2D eigenvalue weighted by Crippen LogP contribution is 2.28. The van der Waals surface area contributed by atoms with Crippen molar-refractivity contribution in [2.45, 2.75) is 39.2 Å². The summed E-state index contributed by atoms with van der Waals surface area (Å²) in [5.74, 6) is 2.08. The summed E-state index contributed by atoms with van der Waals surface area (Å²) in [4.78, 5) is 39.5. The van der Waals surface area contributed by atoms with Crippen molar-refractivity contribution in [3.63, 3.8) is 0 Å². The minimum atomic E-state index is -0.398. The summed E-state index contributed by atoms with van der Waals surface area (Å²) in [5.41, 5.74) is 1.71. The molecule has 1 saturated heterocycles. The first kappa shape index (κ1) is 15.8. The first-order chi connectivity index (χ1) is 12.1. The van der Waals surface area contributed by atoms with E-state index in [1.807, 2.05) is 6.92 Å². The second-order valence-corrected chi connectivity index (χ2v) is 6.58. The molecule has 0 spiro atoms. The van der Waals surface area contributed by atoms with Crippen LogP contribution < -0.4 is 10.6 Å². The summed E-state index contributed by atoms with van der Waals surface area (Å²) in [6, 6.07) is 0. The van der Waals surface area contributed by atoms with Gasteiger partial charge >= 0.3 is 5.69 Å². The van der Waals surface area contributed by atoms with Crippen LogP contribution in [-0.4, -0.2) is 55.6 Å². The monoisotopic (exact) mass is 343 g/mol. The number of anilines is 1. The fourth-order valence-corrected chi connectivity index (χ4v) is 3.58. The van der Waals surface area contributed by atoms with Crippen LogP contribution in [0.2, 0.25) is 0 Å². The fraction of sp³-hybridized carbons (Fsp3) is 0.562. The Kier molecular flexibility index (Phi) is 3.98. The molecule has 0 radical (unpaired) electrons. The van der Waals surface area contributed by atoms with Crippen LogP contribution in [-0.2, 0) is 24.2 Å². The molecule has 25 heavy (non-hydrogen) atoms. The molecule has 132 valence electrons. The number of hydrogen-bond acceptors (Lipinski definition) is 6. The van der Waals surface area contributed by atoms with E-state index in [4.69, 9.17) is 0 Å². The van der Waals surface area contributed by atoms with Crippen molar-refractivity contribution in [1.82, 2.24) is 30.0 Å². The average Bonchev–Trinajstić information content (AvgIpc) is 3.25. The standard InChI is InChI=1S/C16H21N7O2/c1-10-17-12-9-23(14(24)8-13-19-16(25)21-20-13)7-4-11(12)15(18-10)22-5-2-3-6-22/h2-9H2,1H3,(H2,19,20,21,25). The van der Waals surface area contributed by atoms with Crippen LogP contribution in [0.4, 0.5) is 5.82 Å². The van der Waals surface area contributed by atoms with Gasteiger partial charge in [-0.1, -0.05) is 0 Å². The molecule has 0 atom stereocenters. The Morgan fingerprint density at radius 3 is 2.72 bits per heavy atom. The van der Waals surface area contributed by atoms with Crippen molar-refractivity contribution in [2.75, 3.05) is 24.5 Å². The molecular formula is C16H21N7O2. The number of aromatic nitrogens is 5. The van der Waals surface area contributed by atoms with Crippen molar-refractivity contribution in [2.24, 2.45) is 0 Å². The third kappa shape index (κ3) is 3.13. The zero-order valence-electron chi connectivity index (χ0n) is 14.2. The Morgan fingerprint density at radius 2 is 2.00 bits per heavy atom. The SMILES string of the molecule is Cc1nc2c(c(N3CCCC3)n1)CCN(C(=O)Cc1n[nH]c(=O)[nH]1)C2. The molecular weight excluding hydrogens is 322 g/mol. The smallest absolute Gasteiger partial charge is 0.340 e. The molecule has 4 heterocycles. The highest BCUT2D eigenvalue weighted by atomic mass is 16.2. The Hall–Kier alpha value is -2.71. The van der Waals surface area contributed by atoms with E-state index in [1.54, 1.807) is 4.90 Å². The molecule has 9 heteroatoms. The molecule has 0 aromatic carbocycles. The molecule has 2 N–H and O–H groups in total. The number of fused-ring (bicyclic) bond motifs is 1. The molecule has 1 amide bonds. The topological polar surface area (TPSA) is 111 Å². The van der Waals surface area contributed by atoms with Crippen LogP contribution >= 0.6 is 0 Å². The molecule has 0 bridgehead atoms. The first-order valence-corrected chi connectivity index (χ1v) is 8.63. The van der Waals surface area contributed by atoms with Crippen LogP contribution in [0.3, 0.4) is 0 Å².